The number of hydrogen-bond donors (Lipinski definition) is 3. The van der Waals surface area contributed by atoms with Crippen molar-refractivity contribution in [2.45, 2.75) is 12.5 Å². The third-order valence-corrected chi connectivity index (χ3v) is 3.92. The van der Waals surface area contributed by atoms with Crippen LogP contribution in [0.5, 0.6) is 0 Å². The number of nitrogens with one attached hydrogen (secondary N) is 1. The highest BCUT2D eigenvalue weighted by atomic mass is 32.2. The topological polar surface area (TPSA) is 131 Å². The maximum Gasteiger partial charge on any atom is 0.216 e. The first-order valence-electron chi connectivity index (χ1n) is 7.25. The Labute approximate surface area is 144 Å². The van der Waals surface area contributed by atoms with Crippen LogP contribution in [0, 0.1) is 11.3 Å². The zero-order valence-corrected chi connectivity index (χ0v) is 14.0. The highest BCUT2D eigenvalue weighted by Gasteiger charge is 2.22. The van der Waals surface area contributed by atoms with Crippen LogP contribution in [0.25, 0.3) is 0 Å². The molecule has 1 unspecified atom stereocenters. The highest BCUT2D eigenvalue weighted by molar-refractivity contribution is 7.98. The van der Waals surface area contributed by atoms with Gasteiger partial charge in [-0.25, -0.2) is 9.97 Å². The van der Waals surface area contributed by atoms with Crippen molar-refractivity contribution in [1.29, 1.82) is 5.26 Å². The summed E-state index contributed by atoms with van der Waals surface area (Å²) in [4.78, 5) is 20.5. The van der Waals surface area contributed by atoms with Crippen LogP contribution >= 0.6 is 11.8 Å². The summed E-state index contributed by atoms with van der Waals surface area (Å²) < 4.78 is 0. The number of carbonyl (C=O) groups is 1. The van der Waals surface area contributed by atoms with Crippen LogP contribution in [0.3, 0.4) is 0 Å². The Bertz CT molecular complexity index is 759. The molecule has 0 aliphatic heterocycles. The van der Waals surface area contributed by atoms with Gasteiger partial charge in [0.15, 0.2) is 5.82 Å². The number of aromatic nitrogens is 2. The fraction of sp³-hybridized carbons (Fsp3) is 0.250. The second-order valence-electron chi connectivity index (χ2n) is 5.01. The standard InChI is InChI=1S/C16H18N6OS/c1-24-8-7-12(18)13(23)16-21-14(19)11(9-17)15(22-16)20-10-5-3-2-4-6-10/h2-6,12H,7-8,18H2,1H3,(H3,19,20,21,22). The van der Waals surface area contributed by atoms with Gasteiger partial charge in [0, 0.05) is 5.69 Å². The molecule has 0 spiro atoms. The van der Waals surface area contributed by atoms with Crippen molar-refractivity contribution >= 4 is 34.9 Å². The molecule has 1 heterocycles. The van der Waals surface area contributed by atoms with Gasteiger partial charge in [0.2, 0.25) is 11.6 Å². The van der Waals surface area contributed by atoms with E-state index in [1.165, 1.54) is 0 Å². The van der Waals surface area contributed by atoms with Gasteiger partial charge in [-0.05, 0) is 30.6 Å². The van der Waals surface area contributed by atoms with Crippen molar-refractivity contribution in [3.05, 3.63) is 41.7 Å². The van der Waals surface area contributed by atoms with Crippen molar-refractivity contribution in [3.63, 3.8) is 0 Å². The summed E-state index contributed by atoms with van der Waals surface area (Å²) in [5.41, 5.74) is 12.5. The molecule has 1 atom stereocenters. The molecule has 0 aliphatic carbocycles. The average Bonchev–Trinajstić information content (AvgIpc) is 2.59. The zero-order chi connectivity index (χ0) is 17.5. The minimum atomic E-state index is -0.700. The summed E-state index contributed by atoms with van der Waals surface area (Å²) in [5, 5.41) is 12.3. The fourth-order valence-corrected chi connectivity index (χ4v) is 2.48. The lowest BCUT2D eigenvalue weighted by Crippen LogP contribution is -2.32. The van der Waals surface area contributed by atoms with E-state index in [2.05, 4.69) is 15.3 Å². The average molecular weight is 342 g/mol. The minimum absolute atomic E-state index is 0.0497. The van der Waals surface area contributed by atoms with Gasteiger partial charge in [-0.2, -0.15) is 17.0 Å². The molecule has 7 nitrogen and oxygen atoms in total. The van der Waals surface area contributed by atoms with Crippen LogP contribution in [0.4, 0.5) is 17.3 Å². The van der Waals surface area contributed by atoms with Crippen molar-refractivity contribution in [1.82, 2.24) is 9.97 Å². The number of nitriles is 1. The number of rotatable bonds is 7. The number of Topliss-reactive ketones (excluding diaryl/α,β-unsaturated/α-hetero) is 1. The fourth-order valence-electron chi connectivity index (χ4n) is 1.99. The number of para-hydroxylation sites is 1. The summed E-state index contributed by atoms with van der Waals surface area (Å²) >= 11 is 1.60. The molecule has 0 bridgehead atoms. The molecule has 0 fully saturated rings. The summed E-state index contributed by atoms with van der Waals surface area (Å²) in [5.74, 6) is 0.422. The Morgan fingerprint density at radius 3 is 2.71 bits per heavy atom. The van der Waals surface area contributed by atoms with Gasteiger partial charge >= 0.3 is 0 Å². The Balaban J connectivity index is 2.35. The smallest absolute Gasteiger partial charge is 0.216 e. The second-order valence-corrected chi connectivity index (χ2v) is 6.00. The van der Waals surface area contributed by atoms with Crippen LogP contribution in [-0.4, -0.2) is 33.8 Å². The molecule has 5 N–H and O–H groups in total. The van der Waals surface area contributed by atoms with E-state index in [1.807, 2.05) is 42.7 Å². The molecule has 1 aromatic carbocycles. The number of nitrogen functional groups attached to an aromatic ring is 1. The second kappa shape index (κ2) is 8.29. The summed E-state index contributed by atoms with van der Waals surface area (Å²) in [6.07, 6.45) is 2.46. The van der Waals surface area contributed by atoms with Crippen LogP contribution in [-0.2, 0) is 0 Å². The van der Waals surface area contributed by atoms with Gasteiger partial charge in [0.05, 0.1) is 6.04 Å². The summed E-state index contributed by atoms with van der Waals surface area (Å²) in [6, 6.07) is 10.4. The maximum atomic E-state index is 12.4. The number of ketones is 1. The van der Waals surface area contributed by atoms with Crippen LogP contribution < -0.4 is 16.8 Å². The predicted octanol–water partition coefficient (Wildman–Crippen LogP) is 1.94. The first-order valence-corrected chi connectivity index (χ1v) is 8.64. The van der Waals surface area contributed by atoms with E-state index >= 15 is 0 Å². The molecular weight excluding hydrogens is 324 g/mol. The predicted molar refractivity (Wildman–Crippen MR) is 96.2 cm³/mol. The van der Waals surface area contributed by atoms with Gasteiger partial charge in [-0.15, -0.1) is 0 Å². The van der Waals surface area contributed by atoms with Gasteiger partial charge in [-0.3, -0.25) is 4.79 Å². The Morgan fingerprint density at radius 1 is 1.38 bits per heavy atom. The molecule has 2 rings (SSSR count). The molecule has 0 radical (unpaired) electrons. The first kappa shape index (κ1) is 17.7. The number of anilines is 3. The highest BCUT2D eigenvalue weighted by Crippen LogP contribution is 2.22. The number of benzene rings is 1. The lowest BCUT2D eigenvalue weighted by Gasteiger charge is -2.12. The molecular formula is C16H18N6OS. The van der Waals surface area contributed by atoms with E-state index in [1.54, 1.807) is 11.8 Å². The Kier molecular flexibility index (Phi) is 6.12. The van der Waals surface area contributed by atoms with E-state index in [9.17, 15) is 10.1 Å². The molecule has 0 aliphatic rings. The van der Waals surface area contributed by atoms with E-state index in [-0.39, 0.29) is 23.0 Å². The summed E-state index contributed by atoms with van der Waals surface area (Å²) in [6.45, 7) is 0. The lowest BCUT2D eigenvalue weighted by atomic mass is 10.1. The van der Waals surface area contributed by atoms with E-state index in [0.717, 1.165) is 11.4 Å². The summed E-state index contributed by atoms with van der Waals surface area (Å²) in [7, 11) is 0. The van der Waals surface area contributed by atoms with Crippen LogP contribution in [0.1, 0.15) is 22.6 Å². The molecule has 1 aromatic heterocycles. The number of nitrogens with two attached hydrogens (primary N) is 2. The maximum absolute atomic E-state index is 12.4. The molecule has 124 valence electrons. The molecule has 8 heteroatoms. The zero-order valence-electron chi connectivity index (χ0n) is 13.2. The monoisotopic (exact) mass is 342 g/mol. The van der Waals surface area contributed by atoms with Gasteiger partial charge < -0.3 is 16.8 Å². The molecule has 2 aromatic rings. The van der Waals surface area contributed by atoms with Gasteiger partial charge in [0.25, 0.3) is 0 Å². The van der Waals surface area contributed by atoms with Crippen molar-refractivity contribution in [3.8, 4) is 6.07 Å². The van der Waals surface area contributed by atoms with E-state index in [0.29, 0.717) is 6.42 Å². The lowest BCUT2D eigenvalue weighted by molar-refractivity contribution is 0.0950. The Morgan fingerprint density at radius 2 is 2.08 bits per heavy atom. The minimum Gasteiger partial charge on any atom is -0.382 e. The molecule has 24 heavy (non-hydrogen) atoms. The van der Waals surface area contributed by atoms with Crippen molar-refractivity contribution < 1.29 is 4.79 Å². The third kappa shape index (κ3) is 4.22. The van der Waals surface area contributed by atoms with Gasteiger partial charge in [0.1, 0.15) is 17.5 Å². The van der Waals surface area contributed by atoms with E-state index < -0.39 is 11.8 Å². The Hall–Kier alpha value is -2.63. The number of carbonyl (C=O) groups excluding carboxylic acids is 1. The number of hydrogen-bond acceptors (Lipinski definition) is 8. The van der Waals surface area contributed by atoms with Crippen LogP contribution in [0.15, 0.2) is 30.3 Å². The molecule has 0 amide bonds. The quantitative estimate of drug-likeness (QED) is 0.651. The SMILES string of the molecule is CSCCC(N)C(=O)c1nc(N)c(C#N)c(Nc2ccccc2)n1. The van der Waals surface area contributed by atoms with Crippen molar-refractivity contribution in [2.24, 2.45) is 5.73 Å². The third-order valence-electron chi connectivity index (χ3n) is 3.28. The molecule has 0 saturated heterocycles. The number of nitrogens with zero attached hydrogens (tertiary/aromatic N) is 3. The molecule has 0 saturated carbocycles. The normalized spacial score (nSPS) is 11.5. The van der Waals surface area contributed by atoms with Gasteiger partial charge in [-0.1, -0.05) is 18.2 Å². The van der Waals surface area contributed by atoms with E-state index in [4.69, 9.17) is 11.5 Å². The largest absolute Gasteiger partial charge is 0.382 e. The van der Waals surface area contributed by atoms with Crippen molar-refractivity contribution in [2.75, 3.05) is 23.1 Å². The number of thioether (sulfide) groups is 1. The van der Waals surface area contributed by atoms with Crippen LogP contribution in [0.2, 0.25) is 0 Å². The first-order chi connectivity index (χ1) is 11.6.